The average molecular weight is 511 g/mol. The van der Waals surface area contributed by atoms with Gasteiger partial charge in [-0.2, -0.15) is 0 Å². The van der Waals surface area contributed by atoms with E-state index in [0.717, 1.165) is 0 Å². The maximum Gasteiger partial charge on any atom is 0.295 e. The van der Waals surface area contributed by atoms with Gasteiger partial charge in [0.1, 0.15) is 18.2 Å². The van der Waals surface area contributed by atoms with Crippen molar-refractivity contribution in [3.8, 4) is 11.5 Å². The summed E-state index contributed by atoms with van der Waals surface area (Å²) in [7, 11) is 0. The molecule has 0 saturated carbocycles. The molecule has 1 amide bonds. The van der Waals surface area contributed by atoms with Crippen LogP contribution in [0.5, 0.6) is 11.5 Å². The van der Waals surface area contributed by atoms with Crippen molar-refractivity contribution in [1.82, 2.24) is 9.88 Å². The van der Waals surface area contributed by atoms with Gasteiger partial charge in [0.15, 0.2) is 11.5 Å². The first-order valence-corrected chi connectivity index (χ1v) is 12.3. The summed E-state index contributed by atoms with van der Waals surface area (Å²) < 4.78 is 13.4. The van der Waals surface area contributed by atoms with Crippen LogP contribution in [0.3, 0.4) is 0 Å². The number of H-pyrrole nitrogens is 1. The van der Waals surface area contributed by atoms with Crippen molar-refractivity contribution in [2.45, 2.75) is 32.9 Å². The van der Waals surface area contributed by atoms with Crippen molar-refractivity contribution in [2.75, 3.05) is 19.8 Å². The highest BCUT2D eigenvalue weighted by Gasteiger charge is 2.46. The minimum Gasteiger partial charge on any atom is -0.507 e. The van der Waals surface area contributed by atoms with E-state index in [4.69, 9.17) is 21.1 Å². The number of imidazole rings is 1. The molecule has 0 aliphatic carbocycles. The summed E-state index contributed by atoms with van der Waals surface area (Å²) in [5.41, 5.74) is 1.08. The first kappa shape index (κ1) is 25.3. The summed E-state index contributed by atoms with van der Waals surface area (Å²) >= 11 is 6.01. The lowest BCUT2D eigenvalue weighted by Gasteiger charge is -2.26. The van der Waals surface area contributed by atoms with Gasteiger partial charge in [0, 0.05) is 23.6 Å². The smallest absolute Gasteiger partial charge is 0.295 e. The van der Waals surface area contributed by atoms with Crippen molar-refractivity contribution in [2.24, 2.45) is 0 Å². The third kappa shape index (κ3) is 5.23. The van der Waals surface area contributed by atoms with Gasteiger partial charge in [-0.1, -0.05) is 17.7 Å². The van der Waals surface area contributed by atoms with Crippen LogP contribution in [0.2, 0.25) is 5.02 Å². The summed E-state index contributed by atoms with van der Waals surface area (Å²) in [4.78, 5) is 31.0. The molecule has 2 heterocycles. The normalized spacial score (nSPS) is 17.0. The Bertz CT molecular complexity index is 1250. The minimum absolute atomic E-state index is 0.0308. The van der Waals surface area contributed by atoms with E-state index in [9.17, 15) is 14.7 Å². The number of hydrogen-bond acceptors (Lipinski definition) is 5. The van der Waals surface area contributed by atoms with Gasteiger partial charge in [-0.3, -0.25) is 14.6 Å². The third-order valence-electron chi connectivity index (χ3n) is 5.96. The molecule has 188 valence electrons. The number of halogens is 1. The fraction of sp³-hybridized carbons (Fsp3) is 0.296. The van der Waals surface area contributed by atoms with E-state index in [1.807, 2.05) is 37.1 Å². The zero-order valence-corrected chi connectivity index (χ0v) is 21.0. The number of aromatic nitrogens is 2. The van der Waals surface area contributed by atoms with E-state index >= 15 is 0 Å². The summed E-state index contributed by atoms with van der Waals surface area (Å²) in [5.74, 6) is -0.544. The number of rotatable bonds is 10. The summed E-state index contributed by atoms with van der Waals surface area (Å²) in [6.45, 7) is 5.61. The fourth-order valence-electron chi connectivity index (χ4n) is 4.34. The van der Waals surface area contributed by atoms with E-state index in [0.29, 0.717) is 60.4 Å². The van der Waals surface area contributed by atoms with E-state index in [1.165, 1.54) is 4.90 Å². The van der Waals surface area contributed by atoms with Crippen molar-refractivity contribution < 1.29 is 28.7 Å². The van der Waals surface area contributed by atoms with Crippen molar-refractivity contribution >= 4 is 29.1 Å². The first-order valence-electron chi connectivity index (χ1n) is 11.9. The standard InChI is InChI=1S/C27H28ClN3O5/c1-3-35-21-11-8-19(16-22(21)36-4-2)24-23(25(32)18-6-9-20(28)10-7-18)26(33)27(34)31(24)14-5-13-30-15-12-29-17-30/h6-12,15-17,24H,3-5,13-14H2,1-2H3,(H,32,33)/p+1. The van der Waals surface area contributed by atoms with Gasteiger partial charge in [0.05, 0.1) is 31.4 Å². The topological polar surface area (TPSA) is 95.7 Å². The molecule has 36 heavy (non-hydrogen) atoms. The quantitative estimate of drug-likeness (QED) is 0.184. The van der Waals surface area contributed by atoms with Crippen LogP contribution in [0.1, 0.15) is 37.4 Å². The number of nitrogens with zero attached hydrogens (tertiary/aromatic N) is 2. The van der Waals surface area contributed by atoms with Crippen LogP contribution < -0.4 is 14.0 Å². The second kappa shape index (κ2) is 11.3. The SMILES string of the molecule is CCOc1ccc(C2C(=C(O)c3ccc(Cl)cc3)C(=O)C(=O)N2CCC[n+]2cc[nH]c2)cc1OCC. The minimum atomic E-state index is -0.785. The van der Waals surface area contributed by atoms with Crippen LogP contribution in [-0.4, -0.2) is 46.4 Å². The number of amides is 1. The Hall–Kier alpha value is -3.78. The number of aryl methyl sites for hydroxylation is 1. The van der Waals surface area contributed by atoms with Crippen molar-refractivity contribution in [1.29, 1.82) is 0 Å². The number of hydrogen-bond donors (Lipinski definition) is 2. The van der Waals surface area contributed by atoms with E-state index < -0.39 is 17.7 Å². The zero-order valence-electron chi connectivity index (χ0n) is 20.2. The average Bonchev–Trinajstić information content (AvgIpc) is 3.48. The summed E-state index contributed by atoms with van der Waals surface area (Å²) in [6, 6.07) is 11.0. The molecule has 2 N–H and O–H groups in total. The molecule has 4 rings (SSSR count). The Morgan fingerprint density at radius 1 is 1.08 bits per heavy atom. The highest BCUT2D eigenvalue weighted by atomic mass is 35.5. The molecule has 1 aliphatic heterocycles. The van der Waals surface area contributed by atoms with Crippen LogP contribution in [0.15, 0.2) is 66.8 Å². The lowest BCUT2D eigenvalue weighted by Crippen LogP contribution is -2.36. The van der Waals surface area contributed by atoms with Gasteiger partial charge in [0.2, 0.25) is 6.33 Å². The molecule has 1 aromatic heterocycles. The number of aromatic amines is 1. The summed E-state index contributed by atoms with van der Waals surface area (Å²) in [6.07, 6.45) is 6.15. The Labute approximate surface area is 214 Å². The van der Waals surface area contributed by atoms with Gasteiger partial charge >= 0.3 is 0 Å². The number of ketones is 1. The van der Waals surface area contributed by atoms with Crippen molar-refractivity contribution in [3.05, 3.63) is 82.9 Å². The van der Waals surface area contributed by atoms with Crippen LogP contribution >= 0.6 is 11.6 Å². The number of aliphatic hydroxyl groups excluding tert-OH is 1. The largest absolute Gasteiger partial charge is 0.507 e. The molecule has 1 saturated heterocycles. The van der Waals surface area contributed by atoms with Crippen LogP contribution in [0.4, 0.5) is 0 Å². The highest BCUT2D eigenvalue weighted by molar-refractivity contribution is 6.46. The number of benzene rings is 2. The number of Topliss-reactive ketones (excluding diaryl/α,β-unsaturated/α-hetero) is 1. The second-order valence-corrected chi connectivity index (χ2v) is 8.71. The van der Waals surface area contributed by atoms with Crippen LogP contribution in [0, 0.1) is 0 Å². The Balaban J connectivity index is 1.77. The molecule has 2 aromatic carbocycles. The number of nitrogens with one attached hydrogen (secondary N) is 1. The molecule has 8 nitrogen and oxygen atoms in total. The van der Waals surface area contributed by atoms with Gasteiger partial charge in [-0.15, -0.1) is 0 Å². The van der Waals surface area contributed by atoms with E-state index in [2.05, 4.69) is 4.98 Å². The lowest BCUT2D eigenvalue weighted by atomic mass is 9.95. The molecule has 1 unspecified atom stereocenters. The lowest BCUT2D eigenvalue weighted by molar-refractivity contribution is -0.695. The Morgan fingerprint density at radius 2 is 1.81 bits per heavy atom. The highest BCUT2D eigenvalue weighted by Crippen LogP contribution is 2.42. The maximum atomic E-state index is 13.3. The Morgan fingerprint density at radius 3 is 2.47 bits per heavy atom. The monoisotopic (exact) mass is 510 g/mol. The first-order chi connectivity index (χ1) is 17.4. The second-order valence-electron chi connectivity index (χ2n) is 8.27. The van der Waals surface area contributed by atoms with E-state index in [-0.39, 0.29) is 11.3 Å². The molecular weight excluding hydrogens is 482 g/mol. The van der Waals surface area contributed by atoms with Gasteiger partial charge in [0.25, 0.3) is 11.7 Å². The van der Waals surface area contributed by atoms with Crippen LogP contribution in [0.25, 0.3) is 5.76 Å². The predicted octanol–water partition coefficient (Wildman–Crippen LogP) is 4.27. The van der Waals surface area contributed by atoms with Crippen LogP contribution in [-0.2, 0) is 16.1 Å². The predicted molar refractivity (Wildman–Crippen MR) is 135 cm³/mol. The van der Waals surface area contributed by atoms with Crippen molar-refractivity contribution in [3.63, 3.8) is 0 Å². The molecular formula is C27H29ClN3O5+. The fourth-order valence-corrected chi connectivity index (χ4v) is 4.47. The summed E-state index contributed by atoms with van der Waals surface area (Å²) in [5, 5.41) is 11.7. The third-order valence-corrected chi connectivity index (χ3v) is 6.21. The van der Waals surface area contributed by atoms with Gasteiger partial charge in [-0.25, -0.2) is 4.57 Å². The molecule has 3 aromatic rings. The molecule has 1 aliphatic rings. The molecule has 0 spiro atoms. The molecule has 0 radical (unpaired) electrons. The van der Waals surface area contributed by atoms with E-state index in [1.54, 1.807) is 42.5 Å². The number of aliphatic hydroxyl groups is 1. The number of ether oxygens (including phenoxy) is 2. The number of likely N-dealkylation sites (tertiary alicyclic amines) is 1. The number of carbonyl (C=O) groups is 2. The van der Waals surface area contributed by atoms with Gasteiger partial charge < -0.3 is 19.5 Å². The Kier molecular flexibility index (Phi) is 7.95. The molecule has 9 heteroatoms. The zero-order chi connectivity index (χ0) is 25.7. The van der Waals surface area contributed by atoms with Gasteiger partial charge in [-0.05, 0) is 55.8 Å². The number of carbonyl (C=O) groups excluding carboxylic acids is 2. The molecule has 0 bridgehead atoms. The maximum absolute atomic E-state index is 13.3. The molecule has 1 atom stereocenters. The molecule has 1 fully saturated rings.